The van der Waals surface area contributed by atoms with E-state index in [1.54, 1.807) is 0 Å². The number of piperazine rings is 1. The fraction of sp³-hybridized carbons (Fsp3) is 0.438. The number of hydrogen-bond acceptors (Lipinski definition) is 6. The Morgan fingerprint density at radius 2 is 1.88 bits per heavy atom. The molecule has 2 N–H and O–H groups in total. The highest BCUT2D eigenvalue weighted by Gasteiger charge is 2.26. The summed E-state index contributed by atoms with van der Waals surface area (Å²) in [5.41, 5.74) is 1.71. The van der Waals surface area contributed by atoms with Gasteiger partial charge < -0.3 is 15.1 Å². The number of β-amino-alcohol motifs (C(OH)–C–C–N with tert-alkyl or cyclic N) is 1. The molecule has 128 valence electrons. The van der Waals surface area contributed by atoms with Gasteiger partial charge in [-0.25, -0.2) is 4.79 Å². The minimum atomic E-state index is -1.08. The van der Waals surface area contributed by atoms with Crippen LogP contribution < -0.4 is 4.90 Å². The maximum Gasteiger partial charge on any atom is 0.360 e. The molecule has 1 aliphatic heterocycles. The first-order valence-corrected chi connectivity index (χ1v) is 7.95. The zero-order valence-corrected chi connectivity index (χ0v) is 13.6. The number of carbonyl (C=O) groups is 1. The van der Waals surface area contributed by atoms with Gasteiger partial charge in [0.15, 0.2) is 5.82 Å². The van der Waals surface area contributed by atoms with Crippen molar-refractivity contribution in [3.8, 4) is 5.69 Å². The summed E-state index contributed by atoms with van der Waals surface area (Å²) < 4.78 is 0. The van der Waals surface area contributed by atoms with E-state index in [9.17, 15) is 9.90 Å². The molecule has 1 aromatic heterocycles. The number of aryl methyl sites for hydroxylation is 1. The lowest BCUT2D eigenvalue weighted by atomic mass is 10.2. The average molecular weight is 331 g/mol. The van der Waals surface area contributed by atoms with Crippen molar-refractivity contribution >= 4 is 11.8 Å². The monoisotopic (exact) mass is 331 g/mol. The molecule has 2 aromatic rings. The normalized spacial score (nSPS) is 15.7. The first kappa shape index (κ1) is 16.4. The SMILES string of the molecule is Cc1ccccc1-n1nc(C(=O)O)c(N2CCN(CCO)CC2)n1. The van der Waals surface area contributed by atoms with Crippen LogP contribution in [0.1, 0.15) is 16.1 Å². The van der Waals surface area contributed by atoms with Gasteiger partial charge in [0.05, 0.1) is 12.3 Å². The molecule has 24 heavy (non-hydrogen) atoms. The van der Waals surface area contributed by atoms with Crippen LogP contribution in [0, 0.1) is 6.92 Å². The largest absolute Gasteiger partial charge is 0.476 e. The van der Waals surface area contributed by atoms with Crippen molar-refractivity contribution in [2.24, 2.45) is 0 Å². The van der Waals surface area contributed by atoms with Crippen LogP contribution in [-0.4, -0.2) is 75.4 Å². The van der Waals surface area contributed by atoms with E-state index in [4.69, 9.17) is 5.11 Å². The molecule has 3 rings (SSSR count). The molecule has 0 unspecified atom stereocenters. The number of benzene rings is 1. The minimum absolute atomic E-state index is 0.0335. The Balaban J connectivity index is 1.88. The van der Waals surface area contributed by atoms with Gasteiger partial charge in [-0.3, -0.25) is 4.90 Å². The molecule has 8 nitrogen and oxygen atoms in total. The zero-order chi connectivity index (χ0) is 17.1. The lowest BCUT2D eigenvalue weighted by Crippen LogP contribution is -2.47. The number of rotatable bonds is 5. The average Bonchev–Trinajstić information content (AvgIpc) is 3.02. The highest BCUT2D eigenvalue weighted by Crippen LogP contribution is 2.21. The molecule has 0 atom stereocenters. The standard InChI is InChI=1S/C16H21N5O3/c1-12-4-2-3-5-13(12)21-17-14(16(23)24)15(18-21)20-8-6-19(7-9-20)10-11-22/h2-5,22H,6-11H2,1H3,(H,23,24). The van der Waals surface area contributed by atoms with Gasteiger partial charge in [-0.1, -0.05) is 18.2 Å². The Kier molecular flexibility index (Phi) is 4.77. The van der Waals surface area contributed by atoms with Gasteiger partial charge in [0, 0.05) is 32.7 Å². The molecule has 0 radical (unpaired) electrons. The van der Waals surface area contributed by atoms with Gasteiger partial charge in [-0.05, 0) is 18.6 Å². The van der Waals surface area contributed by atoms with Gasteiger partial charge in [-0.15, -0.1) is 15.0 Å². The van der Waals surface area contributed by atoms with E-state index in [1.165, 1.54) is 4.80 Å². The second-order valence-corrected chi connectivity index (χ2v) is 5.81. The van der Waals surface area contributed by atoms with E-state index in [2.05, 4.69) is 15.1 Å². The molecule has 1 fully saturated rings. The van der Waals surface area contributed by atoms with Gasteiger partial charge >= 0.3 is 5.97 Å². The fourth-order valence-electron chi connectivity index (χ4n) is 2.87. The maximum atomic E-state index is 11.6. The first-order valence-electron chi connectivity index (χ1n) is 7.95. The minimum Gasteiger partial charge on any atom is -0.476 e. The topological polar surface area (TPSA) is 94.7 Å². The number of anilines is 1. The number of carboxylic acids is 1. The second kappa shape index (κ2) is 6.98. The van der Waals surface area contributed by atoms with E-state index in [1.807, 2.05) is 36.1 Å². The van der Waals surface area contributed by atoms with Crippen LogP contribution in [0.3, 0.4) is 0 Å². The Labute approximate surface area is 139 Å². The molecule has 0 bridgehead atoms. The Morgan fingerprint density at radius 3 is 2.50 bits per heavy atom. The molecule has 8 heteroatoms. The van der Waals surface area contributed by atoms with Crippen LogP contribution in [0.15, 0.2) is 24.3 Å². The van der Waals surface area contributed by atoms with Crippen molar-refractivity contribution in [2.75, 3.05) is 44.2 Å². The quantitative estimate of drug-likeness (QED) is 0.818. The highest BCUT2D eigenvalue weighted by atomic mass is 16.4. The third-order valence-electron chi connectivity index (χ3n) is 4.22. The molecule has 2 heterocycles. The summed E-state index contributed by atoms with van der Waals surface area (Å²) in [6, 6.07) is 7.59. The summed E-state index contributed by atoms with van der Waals surface area (Å²) in [7, 11) is 0. The van der Waals surface area contributed by atoms with Gasteiger partial charge in [0.1, 0.15) is 0 Å². The third-order valence-corrected chi connectivity index (χ3v) is 4.22. The van der Waals surface area contributed by atoms with Gasteiger partial charge in [-0.2, -0.15) is 0 Å². The van der Waals surface area contributed by atoms with Gasteiger partial charge in [0.25, 0.3) is 0 Å². The van der Waals surface area contributed by atoms with E-state index in [-0.39, 0.29) is 12.3 Å². The number of aromatic carboxylic acids is 1. The van der Waals surface area contributed by atoms with Gasteiger partial charge in [0.2, 0.25) is 5.69 Å². The Bertz CT molecular complexity index is 722. The summed E-state index contributed by atoms with van der Waals surface area (Å²) in [4.78, 5) is 17.1. The molecule has 1 saturated heterocycles. The van der Waals surface area contributed by atoms with E-state index < -0.39 is 5.97 Å². The number of para-hydroxylation sites is 1. The molecule has 0 aliphatic carbocycles. The molecule has 0 amide bonds. The fourth-order valence-corrected chi connectivity index (χ4v) is 2.87. The number of aromatic nitrogens is 3. The Morgan fingerprint density at radius 1 is 1.17 bits per heavy atom. The van der Waals surface area contributed by atoms with Crippen LogP contribution >= 0.6 is 0 Å². The molecule has 0 saturated carbocycles. The lowest BCUT2D eigenvalue weighted by molar-refractivity contribution is 0.0690. The van der Waals surface area contributed by atoms with Crippen LogP contribution in [-0.2, 0) is 0 Å². The predicted octanol–water partition coefficient (Wildman–Crippen LogP) is 0.388. The smallest absolute Gasteiger partial charge is 0.360 e. The summed E-state index contributed by atoms with van der Waals surface area (Å²) in [5.74, 6) is -0.683. The summed E-state index contributed by atoms with van der Waals surface area (Å²) >= 11 is 0. The van der Waals surface area contributed by atoms with Crippen molar-refractivity contribution < 1.29 is 15.0 Å². The lowest BCUT2D eigenvalue weighted by Gasteiger charge is -2.34. The highest BCUT2D eigenvalue weighted by molar-refractivity contribution is 5.91. The predicted molar refractivity (Wildman–Crippen MR) is 88.8 cm³/mol. The zero-order valence-electron chi connectivity index (χ0n) is 13.6. The molecular weight excluding hydrogens is 310 g/mol. The second-order valence-electron chi connectivity index (χ2n) is 5.81. The maximum absolute atomic E-state index is 11.6. The summed E-state index contributed by atoms with van der Waals surface area (Å²) in [6.45, 7) is 5.54. The number of hydrogen-bond donors (Lipinski definition) is 2. The van der Waals surface area contributed by atoms with Crippen LogP contribution in [0.25, 0.3) is 5.69 Å². The van der Waals surface area contributed by atoms with Crippen LogP contribution in [0.5, 0.6) is 0 Å². The molecular formula is C16H21N5O3. The number of carboxylic acid groups (broad SMARTS) is 1. The third kappa shape index (κ3) is 3.24. The first-order chi connectivity index (χ1) is 11.6. The Hall–Kier alpha value is -2.45. The number of nitrogens with zero attached hydrogens (tertiary/aromatic N) is 5. The number of aliphatic hydroxyl groups is 1. The van der Waals surface area contributed by atoms with Crippen LogP contribution in [0.2, 0.25) is 0 Å². The summed E-state index contributed by atoms with van der Waals surface area (Å²) in [5, 5.41) is 27.1. The van der Waals surface area contributed by atoms with Crippen LogP contribution in [0.4, 0.5) is 5.82 Å². The molecule has 0 spiro atoms. The van der Waals surface area contributed by atoms with Crippen molar-refractivity contribution in [1.29, 1.82) is 0 Å². The van der Waals surface area contributed by atoms with E-state index in [0.29, 0.717) is 25.5 Å². The molecule has 1 aliphatic rings. The van der Waals surface area contributed by atoms with Crippen molar-refractivity contribution in [2.45, 2.75) is 6.92 Å². The van der Waals surface area contributed by atoms with Crippen molar-refractivity contribution in [3.05, 3.63) is 35.5 Å². The number of aliphatic hydroxyl groups excluding tert-OH is 1. The van der Waals surface area contributed by atoms with E-state index in [0.717, 1.165) is 24.3 Å². The van der Waals surface area contributed by atoms with E-state index >= 15 is 0 Å². The molecule has 1 aromatic carbocycles. The van der Waals surface area contributed by atoms with Crippen molar-refractivity contribution in [1.82, 2.24) is 19.9 Å². The van der Waals surface area contributed by atoms with Crippen molar-refractivity contribution in [3.63, 3.8) is 0 Å². The summed E-state index contributed by atoms with van der Waals surface area (Å²) in [6.07, 6.45) is 0.